The van der Waals surface area contributed by atoms with E-state index in [2.05, 4.69) is 15.9 Å². The van der Waals surface area contributed by atoms with E-state index >= 15 is 0 Å². The van der Waals surface area contributed by atoms with E-state index in [4.69, 9.17) is 9.84 Å². The van der Waals surface area contributed by atoms with E-state index in [0.717, 1.165) is 15.8 Å². The van der Waals surface area contributed by atoms with Crippen molar-refractivity contribution in [3.63, 3.8) is 0 Å². The molecule has 5 heteroatoms. The molecule has 0 amide bonds. The second-order valence-electron chi connectivity index (χ2n) is 4.43. The molecule has 100 valence electrons. The zero-order valence-electron chi connectivity index (χ0n) is 11.0. The molecule has 0 aliphatic heterocycles. The van der Waals surface area contributed by atoms with Gasteiger partial charge in [0.15, 0.2) is 0 Å². The first-order valence-corrected chi connectivity index (χ1v) is 6.40. The maximum absolute atomic E-state index is 11.2. The molecule has 0 aromatic heterocycles. The highest BCUT2D eigenvalue weighted by atomic mass is 79.9. The Balaban J connectivity index is 3.14. The molecule has 0 spiro atoms. The predicted octanol–water partition coefficient (Wildman–Crippen LogP) is 2.78. The summed E-state index contributed by atoms with van der Waals surface area (Å²) in [5, 5.41) is 9.17. The van der Waals surface area contributed by atoms with Crippen molar-refractivity contribution in [2.24, 2.45) is 5.92 Å². The number of hydrogen-bond acceptors (Lipinski definition) is 3. The van der Waals surface area contributed by atoms with Crippen LogP contribution in [0, 0.1) is 5.92 Å². The van der Waals surface area contributed by atoms with Crippen LogP contribution in [-0.2, 0) is 4.79 Å². The van der Waals surface area contributed by atoms with E-state index < -0.39 is 11.9 Å². The minimum atomic E-state index is -0.805. The molecule has 0 radical (unpaired) electrons. The van der Waals surface area contributed by atoms with E-state index in [-0.39, 0.29) is 6.04 Å². The van der Waals surface area contributed by atoms with Gasteiger partial charge in [-0.2, -0.15) is 0 Å². The zero-order chi connectivity index (χ0) is 13.9. The molecule has 0 saturated carbocycles. The average molecular weight is 316 g/mol. The molecule has 0 aliphatic carbocycles. The number of halogens is 1. The minimum absolute atomic E-state index is 0.176. The highest BCUT2D eigenvalue weighted by Crippen LogP contribution is 2.33. The number of benzene rings is 1. The van der Waals surface area contributed by atoms with Crippen molar-refractivity contribution in [3.8, 4) is 5.75 Å². The Kier molecular flexibility index (Phi) is 5.16. The summed E-state index contributed by atoms with van der Waals surface area (Å²) >= 11 is 3.42. The molecular weight excluding hydrogens is 298 g/mol. The molecule has 0 aliphatic rings. The van der Waals surface area contributed by atoms with E-state index in [0.29, 0.717) is 0 Å². The molecule has 0 bridgehead atoms. The van der Waals surface area contributed by atoms with Gasteiger partial charge < -0.3 is 14.7 Å². The molecule has 2 atom stereocenters. The quantitative estimate of drug-likeness (QED) is 0.907. The van der Waals surface area contributed by atoms with Crippen molar-refractivity contribution in [1.82, 2.24) is 4.90 Å². The van der Waals surface area contributed by atoms with E-state index in [9.17, 15) is 4.79 Å². The summed E-state index contributed by atoms with van der Waals surface area (Å²) in [6, 6.07) is 5.46. The van der Waals surface area contributed by atoms with Crippen LogP contribution in [0.5, 0.6) is 5.75 Å². The fourth-order valence-corrected chi connectivity index (χ4v) is 2.59. The van der Waals surface area contributed by atoms with Crippen molar-refractivity contribution in [3.05, 3.63) is 28.2 Å². The fraction of sp³-hybridized carbons (Fsp3) is 0.462. The zero-order valence-corrected chi connectivity index (χ0v) is 12.6. The second kappa shape index (κ2) is 6.20. The third-order valence-corrected chi connectivity index (χ3v) is 3.56. The van der Waals surface area contributed by atoms with Gasteiger partial charge in [0.1, 0.15) is 5.75 Å². The first-order chi connectivity index (χ1) is 8.38. The Hall–Kier alpha value is -1.07. The molecule has 2 unspecified atom stereocenters. The summed E-state index contributed by atoms with van der Waals surface area (Å²) in [5.41, 5.74) is 0.947. The lowest BCUT2D eigenvalue weighted by Gasteiger charge is -2.28. The van der Waals surface area contributed by atoms with Crippen LogP contribution in [0.4, 0.5) is 0 Å². The lowest BCUT2D eigenvalue weighted by Crippen LogP contribution is -2.30. The maximum Gasteiger partial charge on any atom is 0.308 e. The number of aliphatic carboxylic acids is 1. The lowest BCUT2D eigenvalue weighted by atomic mass is 9.93. The Labute approximate surface area is 116 Å². The molecule has 0 heterocycles. The average Bonchev–Trinajstić information content (AvgIpc) is 2.28. The molecule has 1 aromatic rings. The number of ether oxygens (including phenoxy) is 1. The molecule has 0 fully saturated rings. The first kappa shape index (κ1) is 15.0. The van der Waals surface area contributed by atoms with Gasteiger partial charge in [-0.05, 0) is 47.7 Å². The third kappa shape index (κ3) is 3.23. The fourth-order valence-electron chi connectivity index (χ4n) is 2.04. The summed E-state index contributed by atoms with van der Waals surface area (Å²) in [5.74, 6) is -0.555. The number of carboxylic acids is 1. The van der Waals surface area contributed by atoms with Crippen LogP contribution in [0.15, 0.2) is 22.7 Å². The number of methoxy groups -OCH3 is 1. The normalized spacial score (nSPS) is 14.3. The Morgan fingerprint density at radius 3 is 2.44 bits per heavy atom. The van der Waals surface area contributed by atoms with E-state index in [1.165, 1.54) is 0 Å². The van der Waals surface area contributed by atoms with Crippen LogP contribution < -0.4 is 4.74 Å². The Morgan fingerprint density at radius 2 is 2.06 bits per heavy atom. The van der Waals surface area contributed by atoms with Gasteiger partial charge in [-0.1, -0.05) is 13.0 Å². The minimum Gasteiger partial charge on any atom is -0.496 e. The monoisotopic (exact) mass is 315 g/mol. The summed E-state index contributed by atoms with van der Waals surface area (Å²) in [7, 11) is 5.35. The molecule has 4 nitrogen and oxygen atoms in total. The number of hydrogen-bond donors (Lipinski definition) is 1. The van der Waals surface area contributed by atoms with Gasteiger partial charge in [0, 0.05) is 6.04 Å². The summed E-state index contributed by atoms with van der Waals surface area (Å²) in [6.07, 6.45) is 0. The van der Waals surface area contributed by atoms with E-state index in [1.54, 1.807) is 14.0 Å². The topological polar surface area (TPSA) is 49.8 Å². The molecule has 0 saturated heterocycles. The molecule has 1 rings (SSSR count). The van der Waals surface area contributed by atoms with Crippen molar-refractivity contribution < 1.29 is 14.6 Å². The van der Waals surface area contributed by atoms with Crippen LogP contribution in [0.2, 0.25) is 0 Å². The maximum atomic E-state index is 11.2. The van der Waals surface area contributed by atoms with Gasteiger partial charge >= 0.3 is 5.97 Å². The molecular formula is C13H18BrNO3. The van der Waals surface area contributed by atoms with Gasteiger partial charge in [-0.25, -0.2) is 0 Å². The molecule has 18 heavy (non-hydrogen) atoms. The SMILES string of the molecule is COc1ccc(C(C(C)C(=O)O)N(C)C)cc1Br. The van der Waals surface area contributed by atoms with Gasteiger partial charge in [0.05, 0.1) is 17.5 Å². The van der Waals surface area contributed by atoms with Crippen molar-refractivity contribution in [2.75, 3.05) is 21.2 Å². The first-order valence-electron chi connectivity index (χ1n) is 5.61. The lowest BCUT2D eigenvalue weighted by molar-refractivity contribution is -0.143. The van der Waals surface area contributed by atoms with Crippen LogP contribution in [0.25, 0.3) is 0 Å². The second-order valence-corrected chi connectivity index (χ2v) is 5.28. The number of nitrogens with zero attached hydrogens (tertiary/aromatic N) is 1. The largest absolute Gasteiger partial charge is 0.496 e. The Bertz CT molecular complexity index is 434. The third-order valence-electron chi connectivity index (χ3n) is 2.94. The van der Waals surface area contributed by atoms with Crippen LogP contribution in [-0.4, -0.2) is 37.2 Å². The predicted molar refractivity (Wildman–Crippen MR) is 73.9 cm³/mol. The van der Waals surface area contributed by atoms with Crippen molar-refractivity contribution in [2.45, 2.75) is 13.0 Å². The molecule has 1 N–H and O–H groups in total. The molecule has 1 aromatic carbocycles. The summed E-state index contributed by atoms with van der Waals surface area (Å²) < 4.78 is 6.00. The summed E-state index contributed by atoms with van der Waals surface area (Å²) in [4.78, 5) is 13.1. The van der Waals surface area contributed by atoms with Gasteiger partial charge in [-0.15, -0.1) is 0 Å². The van der Waals surface area contributed by atoms with Gasteiger partial charge in [0.25, 0.3) is 0 Å². The van der Waals surface area contributed by atoms with Crippen LogP contribution >= 0.6 is 15.9 Å². The highest BCUT2D eigenvalue weighted by molar-refractivity contribution is 9.10. The number of carbonyl (C=O) groups is 1. The van der Waals surface area contributed by atoms with Crippen LogP contribution in [0.1, 0.15) is 18.5 Å². The van der Waals surface area contributed by atoms with Crippen LogP contribution in [0.3, 0.4) is 0 Å². The smallest absolute Gasteiger partial charge is 0.308 e. The number of rotatable bonds is 5. The summed E-state index contributed by atoms with van der Waals surface area (Å²) in [6.45, 7) is 1.71. The standard InChI is InChI=1S/C13H18BrNO3/c1-8(13(16)17)12(15(2)3)9-5-6-11(18-4)10(14)7-9/h5-8,12H,1-4H3,(H,16,17). The Morgan fingerprint density at radius 1 is 1.44 bits per heavy atom. The van der Waals surface area contributed by atoms with Gasteiger partial charge in [-0.3, -0.25) is 4.79 Å². The van der Waals surface area contributed by atoms with Crippen molar-refractivity contribution >= 4 is 21.9 Å². The van der Waals surface area contributed by atoms with Crippen molar-refractivity contribution in [1.29, 1.82) is 0 Å². The highest BCUT2D eigenvalue weighted by Gasteiger charge is 2.27. The van der Waals surface area contributed by atoms with E-state index in [1.807, 2.05) is 37.2 Å². The van der Waals surface area contributed by atoms with Gasteiger partial charge in [0.2, 0.25) is 0 Å². The number of carboxylic acid groups (broad SMARTS) is 1.